The smallest absolute Gasteiger partial charge is 0.339 e. The standard InChI is InChI=1S/C15H18ClNO4/c16-11-5-6-12(15(19)20)13(9-11)21-10-14(18)17-7-3-1-2-4-8-17/h5-6,9H,1-4,7-8,10H2,(H,19,20). The maximum atomic E-state index is 12.1. The van der Waals surface area contributed by atoms with Crippen molar-refractivity contribution < 1.29 is 19.4 Å². The summed E-state index contributed by atoms with van der Waals surface area (Å²) in [5.74, 6) is -1.10. The minimum Gasteiger partial charge on any atom is -0.483 e. The predicted octanol–water partition coefficient (Wildman–Crippen LogP) is 2.82. The fraction of sp³-hybridized carbons (Fsp3) is 0.467. The highest BCUT2D eigenvalue weighted by molar-refractivity contribution is 6.30. The molecule has 5 nitrogen and oxygen atoms in total. The first-order valence-electron chi connectivity index (χ1n) is 7.01. The molecule has 0 aliphatic carbocycles. The van der Waals surface area contributed by atoms with Gasteiger partial charge in [-0.1, -0.05) is 24.4 Å². The van der Waals surface area contributed by atoms with E-state index in [9.17, 15) is 9.59 Å². The molecule has 0 saturated carbocycles. The van der Waals surface area contributed by atoms with Crippen LogP contribution in [-0.2, 0) is 4.79 Å². The van der Waals surface area contributed by atoms with Crippen LogP contribution in [0.15, 0.2) is 18.2 Å². The molecule has 21 heavy (non-hydrogen) atoms. The molecule has 0 aromatic heterocycles. The normalized spacial score (nSPS) is 15.4. The molecular formula is C15H18ClNO4. The topological polar surface area (TPSA) is 66.8 Å². The first-order chi connectivity index (χ1) is 10.1. The molecule has 0 spiro atoms. The van der Waals surface area contributed by atoms with Crippen LogP contribution in [0, 0.1) is 0 Å². The second-order valence-corrected chi connectivity index (χ2v) is 5.47. The predicted molar refractivity (Wildman–Crippen MR) is 79.0 cm³/mol. The summed E-state index contributed by atoms with van der Waals surface area (Å²) in [6.07, 6.45) is 4.29. The number of halogens is 1. The van der Waals surface area contributed by atoms with E-state index in [2.05, 4.69) is 0 Å². The molecule has 0 radical (unpaired) electrons. The third kappa shape index (κ3) is 4.36. The van der Waals surface area contributed by atoms with Crippen molar-refractivity contribution in [3.8, 4) is 5.75 Å². The van der Waals surface area contributed by atoms with E-state index in [1.807, 2.05) is 0 Å². The minimum absolute atomic E-state index is 0.00284. The van der Waals surface area contributed by atoms with E-state index in [1.165, 1.54) is 18.2 Å². The number of likely N-dealkylation sites (tertiary alicyclic amines) is 1. The highest BCUT2D eigenvalue weighted by Crippen LogP contribution is 2.23. The Morgan fingerprint density at radius 3 is 2.48 bits per heavy atom. The zero-order valence-electron chi connectivity index (χ0n) is 11.7. The molecule has 1 aliphatic heterocycles. The number of hydrogen-bond acceptors (Lipinski definition) is 3. The number of amides is 1. The van der Waals surface area contributed by atoms with Gasteiger partial charge in [0.1, 0.15) is 11.3 Å². The van der Waals surface area contributed by atoms with Gasteiger partial charge in [-0.25, -0.2) is 4.79 Å². The van der Waals surface area contributed by atoms with Gasteiger partial charge in [-0.05, 0) is 31.0 Å². The molecule has 1 aromatic rings. The molecule has 2 rings (SSSR count). The Bertz CT molecular complexity index is 524. The Morgan fingerprint density at radius 2 is 1.86 bits per heavy atom. The van der Waals surface area contributed by atoms with Crippen LogP contribution in [-0.4, -0.2) is 41.6 Å². The van der Waals surface area contributed by atoms with Crippen LogP contribution >= 0.6 is 11.6 Å². The molecule has 0 bridgehead atoms. The molecule has 1 saturated heterocycles. The van der Waals surface area contributed by atoms with Crippen LogP contribution in [0.5, 0.6) is 5.75 Å². The van der Waals surface area contributed by atoms with Gasteiger partial charge in [-0.3, -0.25) is 4.79 Å². The number of carbonyl (C=O) groups excluding carboxylic acids is 1. The van der Waals surface area contributed by atoms with Crippen molar-refractivity contribution in [2.75, 3.05) is 19.7 Å². The summed E-state index contributed by atoms with van der Waals surface area (Å²) in [6.45, 7) is 1.31. The summed E-state index contributed by atoms with van der Waals surface area (Å²) in [4.78, 5) is 25.0. The van der Waals surface area contributed by atoms with Gasteiger partial charge in [0, 0.05) is 18.1 Å². The van der Waals surface area contributed by atoms with Crippen LogP contribution in [0.2, 0.25) is 5.02 Å². The largest absolute Gasteiger partial charge is 0.483 e. The van der Waals surface area contributed by atoms with Crippen LogP contribution in [0.1, 0.15) is 36.0 Å². The van der Waals surface area contributed by atoms with Crippen molar-refractivity contribution in [3.05, 3.63) is 28.8 Å². The van der Waals surface area contributed by atoms with E-state index >= 15 is 0 Å². The molecule has 114 valence electrons. The number of carboxylic acid groups (broad SMARTS) is 1. The third-order valence-electron chi connectivity index (χ3n) is 3.48. The molecule has 0 unspecified atom stereocenters. The van der Waals surface area contributed by atoms with Gasteiger partial charge in [0.15, 0.2) is 6.61 Å². The van der Waals surface area contributed by atoms with Gasteiger partial charge in [0.25, 0.3) is 5.91 Å². The lowest BCUT2D eigenvalue weighted by Crippen LogP contribution is -2.35. The summed E-state index contributed by atoms with van der Waals surface area (Å²) < 4.78 is 5.38. The van der Waals surface area contributed by atoms with Gasteiger partial charge in [0.2, 0.25) is 0 Å². The first-order valence-corrected chi connectivity index (χ1v) is 7.39. The monoisotopic (exact) mass is 311 g/mol. The number of rotatable bonds is 4. The molecule has 1 amide bonds. The highest BCUT2D eigenvalue weighted by atomic mass is 35.5. The molecule has 1 aliphatic rings. The zero-order chi connectivity index (χ0) is 15.2. The van der Waals surface area contributed by atoms with Gasteiger partial charge < -0.3 is 14.7 Å². The molecule has 6 heteroatoms. The van der Waals surface area contributed by atoms with Crippen LogP contribution < -0.4 is 4.74 Å². The fourth-order valence-corrected chi connectivity index (χ4v) is 2.51. The van der Waals surface area contributed by atoms with E-state index in [-0.39, 0.29) is 23.8 Å². The molecule has 1 fully saturated rings. The van der Waals surface area contributed by atoms with E-state index in [0.29, 0.717) is 5.02 Å². The van der Waals surface area contributed by atoms with Gasteiger partial charge in [-0.15, -0.1) is 0 Å². The highest BCUT2D eigenvalue weighted by Gasteiger charge is 2.18. The molecule has 1 heterocycles. The molecule has 0 atom stereocenters. The van der Waals surface area contributed by atoms with Crippen molar-refractivity contribution in [3.63, 3.8) is 0 Å². The van der Waals surface area contributed by atoms with Gasteiger partial charge in [0.05, 0.1) is 0 Å². The van der Waals surface area contributed by atoms with Crippen molar-refractivity contribution in [1.82, 2.24) is 4.90 Å². The SMILES string of the molecule is O=C(O)c1ccc(Cl)cc1OCC(=O)N1CCCCCC1. The second-order valence-electron chi connectivity index (χ2n) is 5.03. The van der Waals surface area contributed by atoms with E-state index in [4.69, 9.17) is 21.4 Å². The zero-order valence-corrected chi connectivity index (χ0v) is 12.4. The van der Waals surface area contributed by atoms with Crippen molar-refractivity contribution in [1.29, 1.82) is 0 Å². The van der Waals surface area contributed by atoms with Crippen molar-refractivity contribution in [2.24, 2.45) is 0 Å². The lowest BCUT2D eigenvalue weighted by molar-refractivity contribution is -0.133. The average molecular weight is 312 g/mol. The second kappa shape index (κ2) is 7.31. The summed E-state index contributed by atoms with van der Waals surface area (Å²) in [5.41, 5.74) is 0.00284. The summed E-state index contributed by atoms with van der Waals surface area (Å²) in [5, 5.41) is 9.46. The fourth-order valence-electron chi connectivity index (χ4n) is 2.34. The molecule has 1 N–H and O–H groups in total. The number of ether oxygens (including phenoxy) is 1. The number of aromatic carboxylic acids is 1. The number of carboxylic acids is 1. The first kappa shape index (κ1) is 15.6. The maximum Gasteiger partial charge on any atom is 0.339 e. The Balaban J connectivity index is 2.00. The lowest BCUT2D eigenvalue weighted by Gasteiger charge is -2.20. The number of hydrogen-bond donors (Lipinski definition) is 1. The van der Waals surface area contributed by atoms with E-state index < -0.39 is 5.97 Å². The number of carbonyl (C=O) groups is 2. The van der Waals surface area contributed by atoms with Gasteiger partial charge in [-0.2, -0.15) is 0 Å². The Labute approximate surface area is 128 Å². The Morgan fingerprint density at radius 1 is 1.19 bits per heavy atom. The summed E-state index contributed by atoms with van der Waals surface area (Å²) in [7, 11) is 0. The minimum atomic E-state index is -1.11. The Hall–Kier alpha value is -1.75. The molecular weight excluding hydrogens is 294 g/mol. The van der Waals surface area contributed by atoms with Crippen molar-refractivity contribution >= 4 is 23.5 Å². The van der Waals surface area contributed by atoms with E-state index in [1.54, 1.807) is 4.90 Å². The number of benzene rings is 1. The Kier molecular flexibility index (Phi) is 5.44. The van der Waals surface area contributed by atoms with Crippen LogP contribution in [0.25, 0.3) is 0 Å². The van der Waals surface area contributed by atoms with Crippen LogP contribution in [0.3, 0.4) is 0 Å². The molecule has 1 aromatic carbocycles. The van der Waals surface area contributed by atoms with E-state index in [0.717, 1.165) is 38.8 Å². The van der Waals surface area contributed by atoms with Crippen LogP contribution in [0.4, 0.5) is 0 Å². The quantitative estimate of drug-likeness (QED) is 0.928. The van der Waals surface area contributed by atoms with Crippen molar-refractivity contribution in [2.45, 2.75) is 25.7 Å². The number of nitrogens with zero attached hydrogens (tertiary/aromatic N) is 1. The lowest BCUT2D eigenvalue weighted by atomic mass is 10.2. The summed E-state index contributed by atoms with van der Waals surface area (Å²) in [6, 6.07) is 4.27. The van der Waals surface area contributed by atoms with Gasteiger partial charge >= 0.3 is 5.97 Å². The maximum absolute atomic E-state index is 12.1. The summed E-state index contributed by atoms with van der Waals surface area (Å²) >= 11 is 5.84. The average Bonchev–Trinajstić information content (AvgIpc) is 2.73. The third-order valence-corrected chi connectivity index (χ3v) is 3.72.